The van der Waals surface area contributed by atoms with Crippen LogP contribution >= 0.6 is 0 Å². The van der Waals surface area contributed by atoms with E-state index < -0.39 is 11.6 Å². The summed E-state index contributed by atoms with van der Waals surface area (Å²) >= 11 is 0. The van der Waals surface area contributed by atoms with Gasteiger partial charge in [-0.2, -0.15) is 0 Å². The molecule has 0 radical (unpaired) electrons. The highest BCUT2D eigenvalue weighted by Crippen LogP contribution is 2.26. The predicted molar refractivity (Wildman–Crippen MR) is 116 cm³/mol. The van der Waals surface area contributed by atoms with Crippen LogP contribution in [0.25, 0.3) is 10.9 Å². The van der Waals surface area contributed by atoms with Gasteiger partial charge in [0.15, 0.2) is 0 Å². The van der Waals surface area contributed by atoms with Crippen LogP contribution in [0.1, 0.15) is 45.1 Å². The van der Waals surface area contributed by atoms with Crippen molar-refractivity contribution in [2.24, 2.45) is 5.92 Å². The fraction of sp³-hybridized carbons (Fsp3) is 0.565. The van der Waals surface area contributed by atoms with Crippen molar-refractivity contribution < 1.29 is 19.4 Å². The van der Waals surface area contributed by atoms with Gasteiger partial charge >= 0.3 is 0 Å². The van der Waals surface area contributed by atoms with E-state index in [2.05, 4.69) is 15.6 Å². The molecule has 1 aromatic carbocycles. The SMILES string of the molecule is CO[C@@H]1CC(=O)N[C@@H](Cc2c[nH]c3ccccc23)C(=O)NCCC[C@@](C)(O)C[C@H]1C. The molecule has 7 nitrogen and oxygen atoms in total. The molecule has 7 heteroatoms. The van der Waals surface area contributed by atoms with Gasteiger partial charge in [-0.15, -0.1) is 0 Å². The van der Waals surface area contributed by atoms with E-state index in [-0.39, 0.29) is 30.3 Å². The first-order valence-corrected chi connectivity index (χ1v) is 10.7. The van der Waals surface area contributed by atoms with Crippen LogP contribution in [0.15, 0.2) is 30.5 Å². The molecule has 1 aromatic heterocycles. The molecule has 2 heterocycles. The van der Waals surface area contributed by atoms with Gasteiger partial charge in [-0.25, -0.2) is 0 Å². The minimum absolute atomic E-state index is 0.00670. The minimum Gasteiger partial charge on any atom is -0.390 e. The number of para-hydroxylation sites is 1. The Balaban J connectivity index is 1.80. The number of H-pyrrole nitrogens is 1. The van der Waals surface area contributed by atoms with Gasteiger partial charge in [0.1, 0.15) is 6.04 Å². The number of carbonyl (C=O) groups excluding carboxylic acids is 2. The van der Waals surface area contributed by atoms with Crippen LogP contribution in [0.2, 0.25) is 0 Å². The van der Waals surface area contributed by atoms with E-state index in [1.165, 1.54) is 0 Å². The van der Waals surface area contributed by atoms with Gasteiger partial charge in [-0.1, -0.05) is 25.1 Å². The summed E-state index contributed by atoms with van der Waals surface area (Å²) in [7, 11) is 1.58. The second kappa shape index (κ2) is 9.62. The minimum atomic E-state index is -0.866. The fourth-order valence-corrected chi connectivity index (χ4v) is 4.41. The maximum atomic E-state index is 12.9. The lowest BCUT2D eigenvalue weighted by molar-refractivity contribution is -0.130. The lowest BCUT2D eigenvalue weighted by Gasteiger charge is -2.30. The summed E-state index contributed by atoms with van der Waals surface area (Å²) < 4.78 is 5.55. The molecular formula is C23H33N3O4. The highest BCUT2D eigenvalue weighted by atomic mass is 16.5. The molecule has 0 aliphatic carbocycles. The zero-order valence-corrected chi connectivity index (χ0v) is 18.0. The van der Waals surface area contributed by atoms with Crippen molar-refractivity contribution in [2.45, 2.75) is 63.7 Å². The van der Waals surface area contributed by atoms with Gasteiger partial charge in [0.2, 0.25) is 11.8 Å². The zero-order chi connectivity index (χ0) is 21.7. The standard InChI is InChI=1S/C23H33N3O4/c1-15-13-23(2,29)9-6-10-24-22(28)19(26-21(27)12-20(15)30-3)11-16-14-25-18-8-5-4-7-17(16)18/h4-5,7-8,14-15,19-20,25,29H,6,9-13H2,1-3H3,(H,24,28)(H,26,27)/t15-,19+,20-,23-/m1/s1. The molecule has 2 aromatic rings. The van der Waals surface area contributed by atoms with Crippen molar-refractivity contribution in [3.8, 4) is 0 Å². The molecule has 1 aliphatic heterocycles. The molecular weight excluding hydrogens is 382 g/mol. The number of methoxy groups -OCH3 is 1. The Morgan fingerprint density at radius 3 is 2.80 bits per heavy atom. The summed E-state index contributed by atoms with van der Waals surface area (Å²) in [4.78, 5) is 28.9. The van der Waals surface area contributed by atoms with Crippen molar-refractivity contribution in [1.82, 2.24) is 15.6 Å². The third-order valence-electron chi connectivity index (χ3n) is 6.03. The second-order valence-corrected chi connectivity index (χ2v) is 8.73. The van der Waals surface area contributed by atoms with E-state index in [1.807, 2.05) is 37.4 Å². The van der Waals surface area contributed by atoms with E-state index in [0.717, 1.165) is 16.5 Å². The third-order valence-corrected chi connectivity index (χ3v) is 6.03. The highest BCUT2D eigenvalue weighted by molar-refractivity contribution is 5.89. The average molecular weight is 416 g/mol. The summed E-state index contributed by atoms with van der Waals surface area (Å²) in [5.74, 6) is -0.436. The number of ether oxygens (including phenoxy) is 1. The lowest BCUT2D eigenvalue weighted by Crippen LogP contribution is -2.49. The topological polar surface area (TPSA) is 103 Å². The van der Waals surface area contributed by atoms with Crippen LogP contribution in [0, 0.1) is 5.92 Å². The molecule has 30 heavy (non-hydrogen) atoms. The van der Waals surface area contributed by atoms with Crippen molar-refractivity contribution >= 4 is 22.7 Å². The van der Waals surface area contributed by atoms with E-state index in [4.69, 9.17) is 4.74 Å². The van der Waals surface area contributed by atoms with Gasteiger partial charge in [0.05, 0.1) is 18.1 Å². The van der Waals surface area contributed by atoms with Crippen LogP contribution in [-0.4, -0.2) is 53.3 Å². The predicted octanol–water partition coefficient (Wildman–Crippen LogP) is 2.29. The molecule has 4 N–H and O–H groups in total. The van der Waals surface area contributed by atoms with Crippen LogP contribution in [0.5, 0.6) is 0 Å². The van der Waals surface area contributed by atoms with Crippen LogP contribution in [0.4, 0.5) is 0 Å². The third kappa shape index (κ3) is 5.61. The maximum Gasteiger partial charge on any atom is 0.242 e. The lowest BCUT2D eigenvalue weighted by atomic mass is 9.85. The van der Waals surface area contributed by atoms with Crippen molar-refractivity contribution in [3.63, 3.8) is 0 Å². The summed E-state index contributed by atoms with van der Waals surface area (Å²) in [6.07, 6.45) is 3.87. The molecule has 1 saturated heterocycles. The summed E-state index contributed by atoms with van der Waals surface area (Å²) in [6, 6.07) is 7.23. The van der Waals surface area contributed by atoms with Gasteiger partial charge in [0, 0.05) is 37.2 Å². The Hall–Kier alpha value is -2.38. The normalized spacial score (nSPS) is 29.4. The summed E-state index contributed by atoms with van der Waals surface area (Å²) in [5, 5.41) is 17.6. The van der Waals surface area contributed by atoms with E-state index in [1.54, 1.807) is 14.0 Å². The van der Waals surface area contributed by atoms with Crippen LogP contribution in [-0.2, 0) is 20.7 Å². The number of aromatic amines is 1. The first kappa shape index (κ1) is 22.3. The Morgan fingerprint density at radius 2 is 2.03 bits per heavy atom. The number of rotatable bonds is 3. The number of amides is 2. The molecule has 0 unspecified atom stereocenters. The maximum absolute atomic E-state index is 12.9. The Labute approximate surface area is 177 Å². The Bertz CT molecular complexity index is 876. The number of fused-ring (bicyclic) bond motifs is 1. The monoisotopic (exact) mass is 415 g/mol. The van der Waals surface area contributed by atoms with Gasteiger partial charge in [0.25, 0.3) is 0 Å². The molecule has 0 bridgehead atoms. The van der Waals surface area contributed by atoms with E-state index >= 15 is 0 Å². The fourth-order valence-electron chi connectivity index (χ4n) is 4.41. The van der Waals surface area contributed by atoms with Crippen molar-refractivity contribution in [1.29, 1.82) is 0 Å². The quantitative estimate of drug-likeness (QED) is 0.617. The number of aliphatic hydroxyl groups is 1. The largest absolute Gasteiger partial charge is 0.390 e. The number of benzene rings is 1. The summed E-state index contributed by atoms with van der Waals surface area (Å²) in [6.45, 7) is 4.25. The molecule has 1 aliphatic rings. The number of nitrogens with one attached hydrogen (secondary N) is 3. The molecule has 2 amide bonds. The molecule has 1 fully saturated rings. The van der Waals surface area contributed by atoms with Gasteiger partial charge in [-0.3, -0.25) is 9.59 Å². The van der Waals surface area contributed by atoms with Crippen molar-refractivity contribution in [2.75, 3.05) is 13.7 Å². The first-order valence-electron chi connectivity index (χ1n) is 10.7. The van der Waals surface area contributed by atoms with Crippen LogP contribution in [0.3, 0.4) is 0 Å². The first-order chi connectivity index (χ1) is 14.3. The zero-order valence-electron chi connectivity index (χ0n) is 18.0. The number of carbonyl (C=O) groups is 2. The second-order valence-electron chi connectivity index (χ2n) is 8.73. The molecule has 3 rings (SSSR count). The smallest absolute Gasteiger partial charge is 0.242 e. The van der Waals surface area contributed by atoms with E-state index in [9.17, 15) is 14.7 Å². The van der Waals surface area contributed by atoms with Crippen LogP contribution < -0.4 is 10.6 Å². The van der Waals surface area contributed by atoms with Gasteiger partial charge in [-0.05, 0) is 43.7 Å². The average Bonchev–Trinajstić information content (AvgIpc) is 3.10. The Morgan fingerprint density at radius 1 is 1.27 bits per heavy atom. The molecule has 0 spiro atoms. The number of hydrogen-bond donors (Lipinski definition) is 4. The van der Waals surface area contributed by atoms with Gasteiger partial charge < -0.3 is 25.5 Å². The molecule has 0 saturated carbocycles. The number of hydrogen-bond acceptors (Lipinski definition) is 4. The highest BCUT2D eigenvalue weighted by Gasteiger charge is 2.31. The molecule has 164 valence electrons. The Kier molecular flexibility index (Phi) is 7.15. The summed E-state index contributed by atoms with van der Waals surface area (Å²) in [5.41, 5.74) is 1.11. The van der Waals surface area contributed by atoms with Crippen molar-refractivity contribution in [3.05, 3.63) is 36.0 Å². The number of aromatic nitrogens is 1. The van der Waals surface area contributed by atoms with E-state index in [0.29, 0.717) is 32.2 Å². The molecule has 4 atom stereocenters.